The number of nitrogens with zero attached hydrogens (tertiary/aromatic N) is 1. The fraction of sp³-hybridized carbons (Fsp3) is 0.158. The van der Waals surface area contributed by atoms with Crippen LogP contribution < -0.4 is 5.32 Å². The lowest BCUT2D eigenvalue weighted by Gasteiger charge is -2.06. The van der Waals surface area contributed by atoms with E-state index in [1.807, 2.05) is 36.4 Å². The fourth-order valence-corrected chi connectivity index (χ4v) is 3.35. The first-order chi connectivity index (χ1) is 11.2. The number of amides is 1. The minimum atomic E-state index is -0.0103. The van der Waals surface area contributed by atoms with Crippen molar-refractivity contribution in [2.45, 2.75) is 13.3 Å². The lowest BCUT2D eigenvalue weighted by molar-refractivity contribution is 0.0958. The third kappa shape index (κ3) is 3.85. The van der Waals surface area contributed by atoms with E-state index in [1.54, 1.807) is 12.4 Å². The molecule has 0 aliphatic heterocycles. The zero-order chi connectivity index (χ0) is 16.1. The number of hydrogen-bond acceptors (Lipinski definition) is 3. The molecule has 0 atom stereocenters. The molecule has 0 spiro atoms. The highest BCUT2D eigenvalue weighted by Gasteiger charge is 2.10. The van der Waals surface area contributed by atoms with Crippen LogP contribution in [0.5, 0.6) is 0 Å². The Balaban J connectivity index is 1.59. The van der Waals surface area contributed by atoms with Crippen LogP contribution in [0.4, 0.5) is 0 Å². The molecule has 1 aromatic carbocycles. The molecule has 0 aliphatic carbocycles. The topological polar surface area (TPSA) is 42.0 Å². The van der Waals surface area contributed by atoms with Gasteiger partial charge in [-0.3, -0.25) is 9.78 Å². The highest BCUT2D eigenvalue weighted by molar-refractivity contribution is 7.17. The molecule has 0 aliphatic rings. The lowest BCUT2D eigenvalue weighted by atomic mass is 10.1. The molecule has 2 aromatic heterocycles. The number of carbonyl (C=O) groups excluding carboxylic acids is 1. The van der Waals surface area contributed by atoms with Crippen LogP contribution in [-0.4, -0.2) is 17.4 Å². The van der Waals surface area contributed by atoms with Gasteiger partial charge in [-0.25, -0.2) is 0 Å². The highest BCUT2D eigenvalue weighted by Crippen LogP contribution is 2.27. The van der Waals surface area contributed by atoms with Gasteiger partial charge in [-0.05, 0) is 54.3 Å². The Morgan fingerprint density at radius 3 is 2.65 bits per heavy atom. The van der Waals surface area contributed by atoms with E-state index in [4.69, 9.17) is 0 Å². The smallest absolute Gasteiger partial charge is 0.261 e. The Bertz CT molecular complexity index is 796. The van der Waals surface area contributed by atoms with E-state index in [1.165, 1.54) is 22.5 Å². The van der Waals surface area contributed by atoms with Crippen molar-refractivity contribution in [2.24, 2.45) is 0 Å². The second-order valence-electron chi connectivity index (χ2n) is 5.33. The minimum absolute atomic E-state index is 0.0103. The summed E-state index contributed by atoms with van der Waals surface area (Å²) in [4.78, 5) is 18.1. The molecule has 1 N–H and O–H groups in total. The monoisotopic (exact) mass is 322 g/mol. The maximum atomic E-state index is 12.3. The molecule has 3 rings (SSSR count). The highest BCUT2D eigenvalue weighted by atomic mass is 32.1. The maximum absolute atomic E-state index is 12.3. The Morgan fingerprint density at radius 1 is 1.09 bits per heavy atom. The lowest BCUT2D eigenvalue weighted by Crippen LogP contribution is -2.25. The van der Waals surface area contributed by atoms with Gasteiger partial charge in [0.05, 0.1) is 4.88 Å². The van der Waals surface area contributed by atoms with Crippen molar-refractivity contribution in [1.82, 2.24) is 10.3 Å². The molecule has 1 amide bonds. The Kier molecular flexibility index (Phi) is 4.83. The van der Waals surface area contributed by atoms with E-state index in [0.717, 1.165) is 21.7 Å². The number of pyridine rings is 1. The molecule has 3 aromatic rings. The molecular weight excluding hydrogens is 304 g/mol. The summed E-state index contributed by atoms with van der Waals surface area (Å²) < 4.78 is 0. The SMILES string of the molecule is Cc1ccccc1CCNC(=O)c1ccc(-c2ccncc2)s1. The van der Waals surface area contributed by atoms with Gasteiger partial charge in [-0.15, -0.1) is 11.3 Å². The third-order valence-electron chi connectivity index (χ3n) is 3.74. The van der Waals surface area contributed by atoms with Gasteiger partial charge in [-0.1, -0.05) is 24.3 Å². The van der Waals surface area contributed by atoms with Gasteiger partial charge >= 0.3 is 0 Å². The van der Waals surface area contributed by atoms with Crippen LogP contribution in [0.15, 0.2) is 60.9 Å². The molecule has 0 fully saturated rings. The second kappa shape index (κ2) is 7.20. The molecule has 4 heteroatoms. The van der Waals surface area contributed by atoms with Crippen molar-refractivity contribution >= 4 is 17.2 Å². The van der Waals surface area contributed by atoms with Crippen molar-refractivity contribution in [2.75, 3.05) is 6.54 Å². The molecule has 0 bridgehead atoms. The van der Waals surface area contributed by atoms with E-state index in [0.29, 0.717) is 6.54 Å². The van der Waals surface area contributed by atoms with E-state index in [-0.39, 0.29) is 5.91 Å². The average molecular weight is 322 g/mol. The first-order valence-corrected chi connectivity index (χ1v) is 8.38. The van der Waals surface area contributed by atoms with Gasteiger partial charge in [-0.2, -0.15) is 0 Å². The molecule has 3 nitrogen and oxygen atoms in total. The second-order valence-corrected chi connectivity index (χ2v) is 6.42. The summed E-state index contributed by atoms with van der Waals surface area (Å²) in [5.74, 6) is -0.0103. The summed E-state index contributed by atoms with van der Waals surface area (Å²) in [6.07, 6.45) is 4.37. The first kappa shape index (κ1) is 15.4. The Morgan fingerprint density at radius 2 is 1.87 bits per heavy atom. The van der Waals surface area contributed by atoms with Crippen LogP contribution in [-0.2, 0) is 6.42 Å². The van der Waals surface area contributed by atoms with Crippen LogP contribution in [0.1, 0.15) is 20.8 Å². The number of carbonyl (C=O) groups is 1. The molecule has 0 saturated carbocycles. The largest absolute Gasteiger partial charge is 0.351 e. The summed E-state index contributed by atoms with van der Waals surface area (Å²) in [6, 6.07) is 16.0. The molecule has 23 heavy (non-hydrogen) atoms. The normalized spacial score (nSPS) is 10.5. The van der Waals surface area contributed by atoms with Gasteiger partial charge in [0, 0.05) is 23.8 Å². The van der Waals surface area contributed by atoms with Crippen molar-refractivity contribution in [3.05, 3.63) is 76.9 Å². The maximum Gasteiger partial charge on any atom is 0.261 e. The van der Waals surface area contributed by atoms with E-state index in [9.17, 15) is 4.79 Å². The summed E-state index contributed by atoms with van der Waals surface area (Å²) in [5.41, 5.74) is 3.62. The Labute approximate surface area is 140 Å². The number of aryl methyl sites for hydroxylation is 1. The van der Waals surface area contributed by atoms with E-state index < -0.39 is 0 Å². The number of nitrogens with one attached hydrogen (secondary N) is 1. The molecule has 0 saturated heterocycles. The molecular formula is C19H18N2OS. The fourth-order valence-electron chi connectivity index (χ4n) is 2.42. The van der Waals surface area contributed by atoms with Gasteiger partial charge in [0.25, 0.3) is 5.91 Å². The number of benzene rings is 1. The quantitative estimate of drug-likeness (QED) is 0.768. The Hall–Kier alpha value is -2.46. The number of rotatable bonds is 5. The summed E-state index contributed by atoms with van der Waals surface area (Å²) >= 11 is 1.50. The van der Waals surface area contributed by atoms with Crippen LogP contribution in [0, 0.1) is 6.92 Å². The zero-order valence-electron chi connectivity index (χ0n) is 13.0. The van der Waals surface area contributed by atoms with Crippen LogP contribution >= 0.6 is 11.3 Å². The molecule has 0 radical (unpaired) electrons. The summed E-state index contributed by atoms with van der Waals surface area (Å²) in [7, 11) is 0. The van der Waals surface area contributed by atoms with Crippen molar-refractivity contribution < 1.29 is 4.79 Å². The third-order valence-corrected chi connectivity index (χ3v) is 4.87. The minimum Gasteiger partial charge on any atom is -0.351 e. The van der Waals surface area contributed by atoms with Crippen molar-refractivity contribution in [1.29, 1.82) is 0 Å². The van der Waals surface area contributed by atoms with Gasteiger partial charge in [0.1, 0.15) is 0 Å². The molecule has 0 unspecified atom stereocenters. The first-order valence-electron chi connectivity index (χ1n) is 7.57. The van der Waals surface area contributed by atoms with Gasteiger partial charge < -0.3 is 5.32 Å². The number of aromatic nitrogens is 1. The van der Waals surface area contributed by atoms with Crippen molar-refractivity contribution in [3.63, 3.8) is 0 Å². The predicted molar refractivity (Wildman–Crippen MR) is 94.8 cm³/mol. The van der Waals surface area contributed by atoms with Crippen LogP contribution in [0.2, 0.25) is 0 Å². The average Bonchev–Trinajstić information content (AvgIpc) is 3.07. The van der Waals surface area contributed by atoms with Gasteiger partial charge in [0.15, 0.2) is 0 Å². The molecule has 116 valence electrons. The van der Waals surface area contributed by atoms with E-state index in [2.05, 4.69) is 29.4 Å². The van der Waals surface area contributed by atoms with Crippen molar-refractivity contribution in [3.8, 4) is 10.4 Å². The summed E-state index contributed by atoms with van der Waals surface area (Å²) in [6.45, 7) is 2.74. The van der Waals surface area contributed by atoms with Crippen LogP contribution in [0.3, 0.4) is 0 Å². The predicted octanol–water partition coefficient (Wildman–Crippen LogP) is 4.09. The zero-order valence-corrected chi connectivity index (χ0v) is 13.8. The summed E-state index contributed by atoms with van der Waals surface area (Å²) in [5, 5.41) is 3.00. The van der Waals surface area contributed by atoms with Gasteiger partial charge in [0.2, 0.25) is 0 Å². The van der Waals surface area contributed by atoms with Crippen LogP contribution in [0.25, 0.3) is 10.4 Å². The standard InChI is InChI=1S/C19H18N2OS/c1-14-4-2-3-5-15(14)10-13-21-19(22)18-7-6-17(23-18)16-8-11-20-12-9-16/h2-9,11-12H,10,13H2,1H3,(H,21,22). The van der Waals surface area contributed by atoms with E-state index >= 15 is 0 Å². The molecule has 2 heterocycles. The number of thiophene rings is 1. The number of hydrogen-bond donors (Lipinski definition) is 1.